The van der Waals surface area contributed by atoms with E-state index in [1.165, 1.54) is 6.92 Å². The van der Waals surface area contributed by atoms with Crippen molar-refractivity contribution in [2.75, 3.05) is 6.61 Å². The second-order valence-electron chi connectivity index (χ2n) is 1.85. The zero-order chi connectivity index (χ0) is 7.28. The highest BCUT2D eigenvalue weighted by molar-refractivity contribution is 5.85. The molecule has 1 N–H and O–H groups in total. The van der Waals surface area contributed by atoms with Gasteiger partial charge >= 0.3 is 5.97 Å². The van der Waals surface area contributed by atoms with E-state index >= 15 is 0 Å². The van der Waals surface area contributed by atoms with Crippen LogP contribution in [0.25, 0.3) is 0 Å². The van der Waals surface area contributed by atoms with Gasteiger partial charge in [-0.3, -0.25) is 0 Å². The monoisotopic (exact) mass is 168 g/mol. The number of carboxylic acid groups (broad SMARTS) is 1. The minimum atomic E-state index is -0.900. The van der Waals surface area contributed by atoms with E-state index < -0.39 is 12.1 Å². The van der Waals surface area contributed by atoms with Crippen LogP contribution in [0, 0.1) is 0 Å². The summed E-state index contributed by atoms with van der Waals surface area (Å²) < 4.78 is 4.85. The van der Waals surface area contributed by atoms with Gasteiger partial charge in [0.1, 0.15) is 0 Å². The van der Waals surface area contributed by atoms with Crippen molar-refractivity contribution in [2.45, 2.75) is 26.4 Å². The standard InChI is InChI=1S/C6H12O3.ClH/c1-3-4-9-5(2)6(7)8;/h5H,3-4H2,1-2H3,(H,7,8);1H. The Morgan fingerprint density at radius 1 is 1.70 bits per heavy atom. The summed E-state index contributed by atoms with van der Waals surface area (Å²) in [5.41, 5.74) is 0. The maximum absolute atomic E-state index is 10.1. The third-order valence-corrected chi connectivity index (χ3v) is 0.920. The fraction of sp³-hybridized carbons (Fsp3) is 0.833. The van der Waals surface area contributed by atoms with E-state index in [1.54, 1.807) is 0 Å². The fourth-order valence-electron chi connectivity index (χ4n) is 0.366. The van der Waals surface area contributed by atoms with Crippen molar-refractivity contribution in [1.29, 1.82) is 0 Å². The van der Waals surface area contributed by atoms with Crippen LogP contribution in [0.4, 0.5) is 0 Å². The molecule has 0 aromatic rings. The highest BCUT2D eigenvalue weighted by Gasteiger charge is 2.08. The smallest absolute Gasteiger partial charge is 0.332 e. The Morgan fingerprint density at radius 2 is 2.20 bits per heavy atom. The van der Waals surface area contributed by atoms with Crippen molar-refractivity contribution in [3.63, 3.8) is 0 Å². The predicted molar refractivity (Wildman–Crippen MR) is 40.6 cm³/mol. The molecule has 1 atom stereocenters. The van der Waals surface area contributed by atoms with Crippen LogP contribution in [0.1, 0.15) is 20.3 Å². The van der Waals surface area contributed by atoms with E-state index in [0.717, 1.165) is 6.42 Å². The first-order valence-corrected chi connectivity index (χ1v) is 3.03. The number of rotatable bonds is 4. The SMILES string of the molecule is CCCOC(C)C(=O)O.Cl. The minimum absolute atomic E-state index is 0. The van der Waals surface area contributed by atoms with Gasteiger partial charge in [-0.05, 0) is 13.3 Å². The second-order valence-corrected chi connectivity index (χ2v) is 1.85. The molecule has 1 unspecified atom stereocenters. The van der Waals surface area contributed by atoms with E-state index in [-0.39, 0.29) is 12.4 Å². The zero-order valence-electron chi connectivity index (χ0n) is 6.16. The quantitative estimate of drug-likeness (QED) is 0.689. The normalized spacial score (nSPS) is 11.8. The molecule has 0 aliphatic rings. The van der Waals surface area contributed by atoms with Crippen LogP contribution in [0.2, 0.25) is 0 Å². The summed E-state index contributed by atoms with van der Waals surface area (Å²) in [6.07, 6.45) is 0.197. The van der Waals surface area contributed by atoms with Gasteiger partial charge in [-0.2, -0.15) is 0 Å². The molecule has 0 saturated carbocycles. The van der Waals surface area contributed by atoms with Gasteiger partial charge in [-0.1, -0.05) is 6.92 Å². The summed E-state index contributed by atoms with van der Waals surface area (Å²) in [7, 11) is 0. The Balaban J connectivity index is 0. The molecule has 0 rings (SSSR count). The van der Waals surface area contributed by atoms with Gasteiger partial charge in [-0.15, -0.1) is 12.4 Å². The van der Waals surface area contributed by atoms with Crippen LogP contribution in [0.5, 0.6) is 0 Å². The summed E-state index contributed by atoms with van der Waals surface area (Å²) in [5, 5.41) is 8.28. The fourth-order valence-corrected chi connectivity index (χ4v) is 0.366. The highest BCUT2D eigenvalue weighted by atomic mass is 35.5. The molecule has 0 bridgehead atoms. The largest absolute Gasteiger partial charge is 0.479 e. The molecule has 0 fully saturated rings. The Morgan fingerprint density at radius 3 is 2.50 bits per heavy atom. The van der Waals surface area contributed by atoms with Crippen LogP contribution in [-0.4, -0.2) is 23.8 Å². The zero-order valence-corrected chi connectivity index (χ0v) is 6.98. The van der Waals surface area contributed by atoms with Crippen LogP contribution >= 0.6 is 12.4 Å². The summed E-state index contributed by atoms with van der Waals surface area (Å²) in [6.45, 7) is 3.99. The van der Waals surface area contributed by atoms with Crippen molar-refractivity contribution >= 4 is 18.4 Å². The molecular weight excluding hydrogens is 156 g/mol. The van der Waals surface area contributed by atoms with Crippen LogP contribution in [0.15, 0.2) is 0 Å². The maximum Gasteiger partial charge on any atom is 0.332 e. The van der Waals surface area contributed by atoms with Gasteiger partial charge in [-0.25, -0.2) is 4.79 Å². The molecule has 0 aliphatic heterocycles. The van der Waals surface area contributed by atoms with Crippen LogP contribution in [-0.2, 0) is 9.53 Å². The van der Waals surface area contributed by atoms with E-state index in [9.17, 15) is 4.79 Å². The van der Waals surface area contributed by atoms with Crippen LogP contribution < -0.4 is 0 Å². The van der Waals surface area contributed by atoms with Crippen LogP contribution in [0.3, 0.4) is 0 Å². The molecule has 0 aromatic heterocycles. The molecule has 62 valence electrons. The average Bonchev–Trinajstić information content (AvgIpc) is 1.82. The van der Waals surface area contributed by atoms with Gasteiger partial charge in [0.15, 0.2) is 6.10 Å². The Labute approximate surface area is 66.8 Å². The van der Waals surface area contributed by atoms with Gasteiger partial charge in [0.25, 0.3) is 0 Å². The van der Waals surface area contributed by atoms with E-state index in [1.807, 2.05) is 6.92 Å². The lowest BCUT2D eigenvalue weighted by molar-refractivity contribution is -0.149. The van der Waals surface area contributed by atoms with Gasteiger partial charge in [0.05, 0.1) is 0 Å². The topological polar surface area (TPSA) is 46.5 Å². The summed E-state index contributed by atoms with van der Waals surface area (Å²) in [4.78, 5) is 10.1. The third kappa shape index (κ3) is 5.85. The summed E-state index contributed by atoms with van der Waals surface area (Å²) >= 11 is 0. The Kier molecular flexibility index (Phi) is 8.48. The Hall–Kier alpha value is -0.280. The molecule has 0 heterocycles. The lowest BCUT2D eigenvalue weighted by atomic mass is 10.4. The maximum atomic E-state index is 10.1. The molecule has 0 saturated heterocycles. The lowest BCUT2D eigenvalue weighted by Crippen LogP contribution is -2.19. The van der Waals surface area contributed by atoms with E-state index in [2.05, 4.69) is 0 Å². The molecule has 4 heteroatoms. The number of aliphatic carboxylic acids is 1. The van der Waals surface area contributed by atoms with Crippen molar-refractivity contribution in [3.8, 4) is 0 Å². The molecule has 0 aliphatic carbocycles. The van der Waals surface area contributed by atoms with Gasteiger partial charge < -0.3 is 9.84 Å². The molecule has 0 spiro atoms. The van der Waals surface area contributed by atoms with Crippen molar-refractivity contribution in [3.05, 3.63) is 0 Å². The summed E-state index contributed by atoms with van der Waals surface area (Å²) in [6, 6.07) is 0. The lowest BCUT2D eigenvalue weighted by Gasteiger charge is -2.05. The van der Waals surface area contributed by atoms with E-state index in [0.29, 0.717) is 6.61 Å². The number of ether oxygens (including phenoxy) is 1. The molecule has 3 nitrogen and oxygen atoms in total. The number of carbonyl (C=O) groups is 1. The number of carboxylic acids is 1. The molecule has 0 aromatic carbocycles. The molecule has 0 radical (unpaired) electrons. The minimum Gasteiger partial charge on any atom is -0.479 e. The van der Waals surface area contributed by atoms with Gasteiger partial charge in [0.2, 0.25) is 0 Å². The molecular formula is C6H13ClO3. The number of hydrogen-bond acceptors (Lipinski definition) is 2. The molecule has 0 amide bonds. The Bertz CT molecular complexity index is 95.0. The first-order chi connectivity index (χ1) is 4.18. The van der Waals surface area contributed by atoms with Crippen molar-refractivity contribution in [1.82, 2.24) is 0 Å². The van der Waals surface area contributed by atoms with Crippen molar-refractivity contribution < 1.29 is 14.6 Å². The summed E-state index contributed by atoms with van der Waals surface area (Å²) in [5.74, 6) is -0.900. The second kappa shape index (κ2) is 6.83. The average molecular weight is 169 g/mol. The number of hydrogen-bond donors (Lipinski definition) is 1. The molecule has 10 heavy (non-hydrogen) atoms. The number of halogens is 1. The predicted octanol–water partition coefficient (Wildman–Crippen LogP) is 1.31. The highest BCUT2D eigenvalue weighted by Crippen LogP contribution is 1.90. The first-order valence-electron chi connectivity index (χ1n) is 3.03. The van der Waals surface area contributed by atoms with Gasteiger partial charge in [0, 0.05) is 6.61 Å². The van der Waals surface area contributed by atoms with E-state index in [4.69, 9.17) is 9.84 Å². The third-order valence-electron chi connectivity index (χ3n) is 0.920. The first kappa shape index (κ1) is 12.4. The van der Waals surface area contributed by atoms with Crippen molar-refractivity contribution in [2.24, 2.45) is 0 Å².